The molecule has 0 aliphatic carbocycles. The fourth-order valence-corrected chi connectivity index (χ4v) is 2.47. The largest absolute Gasteiger partial charge is 0.392 e. The summed E-state index contributed by atoms with van der Waals surface area (Å²) in [5.41, 5.74) is 2.95. The molecule has 1 unspecified atom stereocenters. The molecule has 0 saturated carbocycles. The highest BCUT2D eigenvalue weighted by Gasteiger charge is 2.07. The van der Waals surface area contributed by atoms with E-state index >= 15 is 0 Å². The Bertz CT molecular complexity index is 427. The van der Waals surface area contributed by atoms with E-state index in [0.717, 1.165) is 14.9 Å². The monoisotopic (exact) mass is 297 g/mol. The normalized spacial score (nSPS) is 12.6. The summed E-state index contributed by atoms with van der Waals surface area (Å²) in [5.74, 6) is 0. The molecule has 1 aromatic carbocycles. The number of rotatable bonds is 4. The topological polar surface area (TPSA) is 33.1 Å². The number of nitrogens with zero attached hydrogens (tertiary/aromatic N) is 1. The van der Waals surface area contributed by atoms with Gasteiger partial charge in [-0.2, -0.15) is 0 Å². The van der Waals surface area contributed by atoms with Crippen molar-refractivity contribution in [3.05, 3.63) is 50.9 Å². The van der Waals surface area contributed by atoms with Crippen molar-refractivity contribution in [3.63, 3.8) is 0 Å². The molecule has 0 amide bonds. The summed E-state index contributed by atoms with van der Waals surface area (Å²) in [5, 5.41) is 9.91. The number of thiazole rings is 1. The fraction of sp³-hybridized carbons (Fsp3) is 0.250. The van der Waals surface area contributed by atoms with Crippen molar-refractivity contribution in [1.82, 2.24) is 4.98 Å². The van der Waals surface area contributed by atoms with E-state index in [2.05, 4.69) is 20.9 Å². The van der Waals surface area contributed by atoms with Crippen molar-refractivity contribution in [2.45, 2.75) is 18.9 Å². The Morgan fingerprint density at radius 2 is 2.00 bits per heavy atom. The van der Waals surface area contributed by atoms with Gasteiger partial charge in [-0.25, -0.2) is 0 Å². The SMILES string of the molecule is OC(Cc1ccc(Br)cc1)Cc1cncs1. The predicted octanol–water partition coefficient (Wildman–Crippen LogP) is 3.05. The van der Waals surface area contributed by atoms with Crippen molar-refractivity contribution in [1.29, 1.82) is 0 Å². The first-order valence-corrected chi connectivity index (χ1v) is 6.71. The zero-order chi connectivity index (χ0) is 11.4. The van der Waals surface area contributed by atoms with E-state index in [4.69, 9.17) is 0 Å². The van der Waals surface area contributed by atoms with Gasteiger partial charge >= 0.3 is 0 Å². The van der Waals surface area contributed by atoms with Gasteiger partial charge in [0.1, 0.15) is 0 Å². The standard InChI is InChI=1S/C12H12BrNOS/c13-10-3-1-9(2-4-10)5-11(15)6-12-7-14-8-16-12/h1-4,7-8,11,15H,5-6H2. The van der Waals surface area contributed by atoms with E-state index in [1.54, 1.807) is 16.8 Å². The van der Waals surface area contributed by atoms with Crippen molar-refractivity contribution in [2.24, 2.45) is 0 Å². The summed E-state index contributed by atoms with van der Waals surface area (Å²) >= 11 is 4.98. The molecule has 2 nitrogen and oxygen atoms in total. The molecule has 4 heteroatoms. The summed E-state index contributed by atoms with van der Waals surface area (Å²) in [6, 6.07) is 8.05. The van der Waals surface area contributed by atoms with Crippen LogP contribution in [-0.2, 0) is 12.8 Å². The minimum Gasteiger partial charge on any atom is -0.392 e. The number of aliphatic hydroxyl groups is 1. The van der Waals surface area contributed by atoms with Gasteiger partial charge < -0.3 is 5.11 Å². The van der Waals surface area contributed by atoms with Crippen molar-refractivity contribution in [2.75, 3.05) is 0 Å². The first kappa shape index (κ1) is 11.8. The average Bonchev–Trinajstić information content (AvgIpc) is 2.74. The smallest absolute Gasteiger partial charge is 0.0794 e. The highest BCUT2D eigenvalue weighted by Crippen LogP contribution is 2.14. The Kier molecular flexibility index (Phi) is 4.09. The van der Waals surface area contributed by atoms with Crippen molar-refractivity contribution >= 4 is 27.3 Å². The zero-order valence-corrected chi connectivity index (χ0v) is 11.0. The Hall–Kier alpha value is -0.710. The minimum absolute atomic E-state index is 0.332. The van der Waals surface area contributed by atoms with Gasteiger partial charge in [0.15, 0.2) is 0 Å². The Morgan fingerprint density at radius 3 is 2.62 bits per heavy atom. The highest BCUT2D eigenvalue weighted by molar-refractivity contribution is 9.10. The summed E-state index contributed by atoms with van der Waals surface area (Å²) in [4.78, 5) is 5.12. The van der Waals surface area contributed by atoms with Gasteiger partial charge in [-0.15, -0.1) is 11.3 Å². The molecule has 0 radical (unpaired) electrons. The van der Waals surface area contributed by atoms with Gasteiger partial charge in [-0.05, 0) is 24.1 Å². The molecule has 2 aromatic rings. The molecular formula is C12H12BrNOS. The lowest BCUT2D eigenvalue weighted by molar-refractivity contribution is 0.176. The number of benzene rings is 1. The first-order valence-electron chi connectivity index (χ1n) is 5.04. The summed E-state index contributed by atoms with van der Waals surface area (Å²) < 4.78 is 1.06. The second-order valence-corrected chi connectivity index (χ2v) is 5.54. The number of aliphatic hydroxyl groups excluding tert-OH is 1. The van der Waals surface area contributed by atoms with E-state index in [9.17, 15) is 5.11 Å². The molecule has 0 fully saturated rings. The molecule has 0 aliphatic rings. The molecule has 1 N–H and O–H groups in total. The Balaban J connectivity index is 1.92. The van der Waals surface area contributed by atoms with E-state index in [-0.39, 0.29) is 6.10 Å². The van der Waals surface area contributed by atoms with Crippen LogP contribution >= 0.6 is 27.3 Å². The first-order chi connectivity index (χ1) is 7.74. The quantitative estimate of drug-likeness (QED) is 0.941. The third-order valence-electron chi connectivity index (χ3n) is 2.30. The third-order valence-corrected chi connectivity index (χ3v) is 3.64. The fourth-order valence-electron chi connectivity index (χ4n) is 1.54. The van der Waals surface area contributed by atoms with Crippen LogP contribution in [0, 0.1) is 0 Å². The van der Waals surface area contributed by atoms with Gasteiger partial charge in [0.25, 0.3) is 0 Å². The van der Waals surface area contributed by atoms with Gasteiger partial charge in [0, 0.05) is 22.0 Å². The maximum Gasteiger partial charge on any atom is 0.0794 e. The molecule has 84 valence electrons. The van der Waals surface area contributed by atoms with Crippen LogP contribution in [0.5, 0.6) is 0 Å². The van der Waals surface area contributed by atoms with Gasteiger partial charge in [-0.1, -0.05) is 28.1 Å². The van der Waals surface area contributed by atoms with Crippen LogP contribution in [0.25, 0.3) is 0 Å². The lowest BCUT2D eigenvalue weighted by Crippen LogP contribution is -2.13. The predicted molar refractivity (Wildman–Crippen MR) is 69.7 cm³/mol. The lowest BCUT2D eigenvalue weighted by atomic mass is 10.1. The van der Waals surface area contributed by atoms with Crippen molar-refractivity contribution in [3.8, 4) is 0 Å². The van der Waals surface area contributed by atoms with E-state index in [1.165, 1.54) is 0 Å². The van der Waals surface area contributed by atoms with Crippen molar-refractivity contribution < 1.29 is 5.11 Å². The molecule has 1 aromatic heterocycles. The van der Waals surface area contributed by atoms with Gasteiger partial charge in [-0.3, -0.25) is 4.98 Å². The maximum absolute atomic E-state index is 9.91. The average molecular weight is 298 g/mol. The number of hydrogen-bond acceptors (Lipinski definition) is 3. The molecule has 16 heavy (non-hydrogen) atoms. The molecule has 0 aliphatic heterocycles. The van der Waals surface area contributed by atoms with E-state index < -0.39 is 0 Å². The second kappa shape index (κ2) is 5.57. The molecule has 1 heterocycles. The molecular weight excluding hydrogens is 286 g/mol. The van der Waals surface area contributed by atoms with Crippen LogP contribution in [-0.4, -0.2) is 16.2 Å². The highest BCUT2D eigenvalue weighted by atomic mass is 79.9. The third kappa shape index (κ3) is 3.40. The molecule has 2 rings (SSSR count). The van der Waals surface area contributed by atoms with Crippen LogP contribution in [0.15, 0.2) is 40.4 Å². The number of halogens is 1. The van der Waals surface area contributed by atoms with Crippen LogP contribution in [0.1, 0.15) is 10.4 Å². The molecule has 0 saturated heterocycles. The van der Waals surface area contributed by atoms with Crippen LogP contribution in [0.3, 0.4) is 0 Å². The van der Waals surface area contributed by atoms with E-state index in [1.807, 2.05) is 30.5 Å². The lowest BCUT2D eigenvalue weighted by Gasteiger charge is -2.09. The minimum atomic E-state index is -0.332. The van der Waals surface area contributed by atoms with Crippen LogP contribution < -0.4 is 0 Å². The van der Waals surface area contributed by atoms with E-state index in [0.29, 0.717) is 12.8 Å². The summed E-state index contributed by atoms with van der Waals surface area (Å²) in [6.45, 7) is 0. The molecule has 1 atom stereocenters. The maximum atomic E-state index is 9.91. The summed E-state index contributed by atoms with van der Waals surface area (Å²) in [6.07, 6.45) is 2.85. The second-order valence-electron chi connectivity index (χ2n) is 3.66. The Morgan fingerprint density at radius 1 is 1.25 bits per heavy atom. The Labute approximate surface area is 107 Å². The van der Waals surface area contributed by atoms with Crippen LogP contribution in [0.2, 0.25) is 0 Å². The van der Waals surface area contributed by atoms with Gasteiger partial charge in [0.2, 0.25) is 0 Å². The van der Waals surface area contributed by atoms with Gasteiger partial charge in [0.05, 0.1) is 11.6 Å². The number of aromatic nitrogens is 1. The molecule has 0 spiro atoms. The molecule has 0 bridgehead atoms. The number of hydrogen-bond donors (Lipinski definition) is 1. The zero-order valence-electron chi connectivity index (χ0n) is 8.64. The summed E-state index contributed by atoms with van der Waals surface area (Å²) in [7, 11) is 0. The van der Waals surface area contributed by atoms with Crippen LogP contribution in [0.4, 0.5) is 0 Å².